The molecule has 2 heterocycles. The fraction of sp³-hybridized carbons (Fsp3) is 0.219. The van der Waals surface area contributed by atoms with Gasteiger partial charge in [-0.15, -0.1) is 0 Å². The van der Waals surface area contributed by atoms with Crippen molar-refractivity contribution in [1.82, 2.24) is 21.5 Å². The molecule has 190 valence electrons. The summed E-state index contributed by atoms with van der Waals surface area (Å²) >= 11 is 0. The Morgan fingerprint density at radius 3 is 1.26 bits per heavy atom. The van der Waals surface area contributed by atoms with Crippen LogP contribution in [0, 0.1) is 6.42 Å². The first-order valence-electron chi connectivity index (χ1n) is 13.5. The van der Waals surface area contributed by atoms with Crippen LogP contribution in [0.1, 0.15) is 29.9 Å². The molecule has 0 bridgehead atoms. The van der Waals surface area contributed by atoms with Crippen LogP contribution in [-0.2, 0) is 0 Å². The van der Waals surface area contributed by atoms with Crippen LogP contribution in [0.15, 0.2) is 121 Å². The molecule has 0 radical (unpaired) electrons. The third-order valence-electron chi connectivity index (χ3n) is 7.96. The van der Waals surface area contributed by atoms with E-state index in [-0.39, 0.29) is 36.5 Å². The first-order valence-corrected chi connectivity index (χ1v) is 13.5. The number of rotatable bonds is 4. The summed E-state index contributed by atoms with van der Waals surface area (Å²) in [5.74, 6) is 0. The Hall–Kier alpha value is -3.81. The fourth-order valence-electron chi connectivity index (χ4n) is 6.14. The number of anilines is 2. The summed E-state index contributed by atoms with van der Waals surface area (Å²) in [5.41, 5.74) is 12.4. The van der Waals surface area contributed by atoms with Crippen molar-refractivity contribution in [2.75, 3.05) is 10.0 Å². The number of hydrazine groups is 2. The van der Waals surface area contributed by atoms with E-state index in [0.29, 0.717) is 0 Å². The van der Waals surface area contributed by atoms with Crippen molar-refractivity contribution >= 4 is 11.4 Å². The highest BCUT2D eigenvalue weighted by molar-refractivity contribution is 5.52. The molecule has 6 unspecified atom stereocenters. The molecule has 6 heteroatoms. The summed E-state index contributed by atoms with van der Waals surface area (Å²) in [7, 11) is 0. The number of nitrogens with zero attached hydrogens (tertiary/aromatic N) is 2. The highest BCUT2D eigenvalue weighted by Gasteiger charge is 2.55. The Morgan fingerprint density at radius 2 is 0.868 bits per heavy atom. The van der Waals surface area contributed by atoms with Crippen molar-refractivity contribution in [3.8, 4) is 0 Å². The average molecular weight is 502 g/mol. The van der Waals surface area contributed by atoms with E-state index < -0.39 is 0 Å². The summed E-state index contributed by atoms with van der Waals surface area (Å²) in [5, 5.41) is 12.6. The molecule has 3 aliphatic rings. The minimum atomic E-state index is 0.0273. The zero-order valence-corrected chi connectivity index (χ0v) is 21.2. The zero-order chi connectivity index (χ0) is 25.3. The second-order valence-electron chi connectivity index (χ2n) is 10.3. The predicted octanol–water partition coefficient (Wildman–Crippen LogP) is 4.70. The van der Waals surface area contributed by atoms with Crippen LogP contribution in [0.4, 0.5) is 11.4 Å². The lowest BCUT2D eigenvalue weighted by atomic mass is 9.79. The van der Waals surface area contributed by atoms with E-state index in [1.54, 1.807) is 0 Å². The van der Waals surface area contributed by atoms with Gasteiger partial charge in [0.1, 0.15) is 18.8 Å². The lowest BCUT2D eigenvalue weighted by molar-refractivity contribution is 0.156. The van der Waals surface area contributed by atoms with Crippen LogP contribution in [0.3, 0.4) is 0 Å². The van der Waals surface area contributed by atoms with Gasteiger partial charge in [0.25, 0.3) is 0 Å². The maximum absolute atomic E-state index is 3.95. The van der Waals surface area contributed by atoms with Gasteiger partial charge in [0.15, 0.2) is 0 Å². The second kappa shape index (κ2) is 10.2. The fourth-order valence-corrected chi connectivity index (χ4v) is 6.14. The van der Waals surface area contributed by atoms with Crippen molar-refractivity contribution < 1.29 is 0 Å². The van der Waals surface area contributed by atoms with Gasteiger partial charge in [-0.25, -0.2) is 10.9 Å². The Balaban J connectivity index is 1.24. The average Bonchev–Trinajstić information content (AvgIpc) is 3.00. The summed E-state index contributed by atoms with van der Waals surface area (Å²) in [4.78, 5) is 0. The van der Waals surface area contributed by atoms with E-state index in [2.05, 4.69) is 159 Å². The SMILES string of the molecule is c1ccc(C2NC3CC4NC(c5ccccc5)NN(c5ccccc5)C4[CH+]C3N(c3ccccc3)N2)cc1. The molecule has 6 atom stereocenters. The first kappa shape index (κ1) is 23.3. The Kier molecular flexibility index (Phi) is 6.23. The van der Waals surface area contributed by atoms with Crippen molar-refractivity contribution in [2.45, 2.75) is 42.9 Å². The number of nitrogens with one attached hydrogen (secondary N) is 4. The summed E-state index contributed by atoms with van der Waals surface area (Å²) < 4.78 is 0. The quantitative estimate of drug-likeness (QED) is 0.304. The van der Waals surface area contributed by atoms with Gasteiger partial charge in [-0.2, -0.15) is 0 Å². The number of benzene rings is 4. The molecule has 1 aliphatic carbocycles. The van der Waals surface area contributed by atoms with E-state index in [9.17, 15) is 0 Å². The van der Waals surface area contributed by atoms with Gasteiger partial charge in [-0.05, 0) is 41.8 Å². The van der Waals surface area contributed by atoms with Gasteiger partial charge < -0.3 is 0 Å². The first-order chi connectivity index (χ1) is 18.8. The van der Waals surface area contributed by atoms with Crippen LogP contribution in [-0.4, -0.2) is 24.2 Å². The standard InChI is InChI=1S/C32H33N6/c1-5-13-23(14-6-1)31-33-27-21-28-30(22-29(27)37(35-31)25-17-9-3-10-18-25)38(26-19-11-4-12-20-26)36-32(34-28)24-15-7-2-8-16-24/h1-20,22,27-36H,21H2/q+1. The van der Waals surface area contributed by atoms with E-state index >= 15 is 0 Å². The Labute approximate surface area is 224 Å². The summed E-state index contributed by atoms with van der Waals surface area (Å²) in [6.07, 6.45) is 3.55. The molecule has 7 rings (SSSR count). The lowest BCUT2D eigenvalue weighted by Gasteiger charge is -2.52. The molecule has 3 fully saturated rings. The third-order valence-corrected chi connectivity index (χ3v) is 7.96. The minimum Gasteiger partial charge on any atom is -0.288 e. The van der Waals surface area contributed by atoms with Gasteiger partial charge in [-0.1, -0.05) is 97.1 Å². The maximum atomic E-state index is 3.95. The van der Waals surface area contributed by atoms with Crippen LogP contribution in [0.5, 0.6) is 0 Å². The second-order valence-corrected chi connectivity index (χ2v) is 10.3. The molecule has 0 spiro atoms. The normalized spacial score (nSPS) is 28.6. The maximum Gasteiger partial charge on any atom is 0.201 e. The number of hydrogen-bond acceptors (Lipinski definition) is 6. The van der Waals surface area contributed by atoms with E-state index in [0.717, 1.165) is 6.42 Å². The van der Waals surface area contributed by atoms with Gasteiger partial charge in [0, 0.05) is 0 Å². The minimum absolute atomic E-state index is 0.0273. The van der Waals surface area contributed by atoms with Crippen LogP contribution < -0.4 is 31.5 Å². The van der Waals surface area contributed by atoms with Crippen molar-refractivity contribution in [1.29, 1.82) is 0 Å². The van der Waals surface area contributed by atoms with Crippen LogP contribution in [0.2, 0.25) is 0 Å². The highest BCUT2D eigenvalue weighted by atomic mass is 15.6. The van der Waals surface area contributed by atoms with Gasteiger partial charge in [0.2, 0.25) is 12.1 Å². The van der Waals surface area contributed by atoms with Gasteiger partial charge in [-0.3, -0.25) is 20.7 Å². The molecule has 2 aliphatic heterocycles. The number of fused-ring (bicyclic) bond motifs is 2. The number of hydrogen-bond donors (Lipinski definition) is 4. The Bertz CT molecular complexity index is 1220. The molecule has 0 aromatic heterocycles. The summed E-state index contributed by atoms with van der Waals surface area (Å²) in [6.45, 7) is 0. The van der Waals surface area contributed by atoms with Crippen molar-refractivity contribution in [3.05, 3.63) is 139 Å². The monoisotopic (exact) mass is 501 g/mol. The summed E-state index contributed by atoms with van der Waals surface area (Å²) in [6, 6.07) is 43.6. The van der Waals surface area contributed by atoms with Crippen LogP contribution >= 0.6 is 0 Å². The molecular formula is C32H33N6+. The molecule has 2 saturated heterocycles. The molecule has 4 aromatic rings. The molecular weight excluding hydrogens is 468 g/mol. The third kappa shape index (κ3) is 4.42. The molecule has 38 heavy (non-hydrogen) atoms. The highest BCUT2D eigenvalue weighted by Crippen LogP contribution is 2.37. The zero-order valence-electron chi connectivity index (χ0n) is 21.2. The largest absolute Gasteiger partial charge is 0.288 e. The van der Waals surface area contributed by atoms with E-state index in [1.165, 1.54) is 22.5 Å². The smallest absolute Gasteiger partial charge is 0.201 e. The van der Waals surface area contributed by atoms with E-state index in [1.807, 2.05) is 0 Å². The molecule has 4 aromatic carbocycles. The topological polar surface area (TPSA) is 54.6 Å². The van der Waals surface area contributed by atoms with Gasteiger partial charge in [0.05, 0.1) is 23.5 Å². The molecule has 6 nitrogen and oxygen atoms in total. The lowest BCUT2D eigenvalue weighted by Crippen LogP contribution is -2.75. The van der Waals surface area contributed by atoms with Gasteiger partial charge >= 0.3 is 0 Å². The predicted molar refractivity (Wildman–Crippen MR) is 153 cm³/mol. The molecule has 1 saturated carbocycles. The Morgan fingerprint density at radius 1 is 0.500 bits per heavy atom. The van der Waals surface area contributed by atoms with Crippen LogP contribution in [0.25, 0.3) is 0 Å². The number of para-hydroxylation sites is 2. The molecule has 0 amide bonds. The van der Waals surface area contributed by atoms with Crippen molar-refractivity contribution in [3.63, 3.8) is 0 Å². The van der Waals surface area contributed by atoms with E-state index in [4.69, 9.17) is 0 Å². The van der Waals surface area contributed by atoms with Crippen molar-refractivity contribution in [2.24, 2.45) is 0 Å². The molecule has 4 N–H and O–H groups in total.